The predicted octanol–water partition coefficient (Wildman–Crippen LogP) is 2.04. The van der Waals surface area contributed by atoms with Crippen LogP contribution in [0, 0.1) is 5.92 Å². The molecular weight excluding hydrogens is 262 g/mol. The highest BCUT2D eigenvalue weighted by molar-refractivity contribution is 7.89. The van der Waals surface area contributed by atoms with Crippen LogP contribution in [0.25, 0.3) is 0 Å². The van der Waals surface area contributed by atoms with Gasteiger partial charge in [-0.05, 0) is 19.3 Å². The van der Waals surface area contributed by atoms with Crippen molar-refractivity contribution in [1.82, 2.24) is 14.7 Å². The Bertz CT molecular complexity index is 484. The Morgan fingerprint density at radius 3 is 2.74 bits per heavy atom. The third kappa shape index (κ3) is 4.54. The van der Waals surface area contributed by atoms with E-state index in [1.807, 2.05) is 0 Å². The molecule has 1 aromatic heterocycles. The van der Waals surface area contributed by atoms with Crippen LogP contribution in [0.2, 0.25) is 0 Å². The average Bonchev–Trinajstić information content (AvgIpc) is 2.90. The Morgan fingerprint density at radius 2 is 2.11 bits per heavy atom. The molecule has 0 saturated heterocycles. The van der Waals surface area contributed by atoms with Gasteiger partial charge in [-0.2, -0.15) is 0 Å². The predicted molar refractivity (Wildman–Crippen MR) is 73.9 cm³/mol. The van der Waals surface area contributed by atoms with Crippen LogP contribution in [0.3, 0.4) is 0 Å². The largest absolute Gasteiger partial charge is 0.261 e. The molecule has 1 saturated carbocycles. The van der Waals surface area contributed by atoms with Crippen molar-refractivity contribution in [2.45, 2.75) is 45.1 Å². The summed E-state index contributed by atoms with van der Waals surface area (Å²) in [5.74, 6) is 0.797. The van der Waals surface area contributed by atoms with Gasteiger partial charge in [-0.3, -0.25) is 9.97 Å². The van der Waals surface area contributed by atoms with Crippen LogP contribution < -0.4 is 4.72 Å². The summed E-state index contributed by atoms with van der Waals surface area (Å²) in [4.78, 5) is 8.06. The Kier molecular flexibility index (Phi) is 4.87. The van der Waals surface area contributed by atoms with Crippen molar-refractivity contribution in [1.29, 1.82) is 0 Å². The summed E-state index contributed by atoms with van der Waals surface area (Å²) in [5, 5.41) is 0. The van der Waals surface area contributed by atoms with Gasteiger partial charge in [-0.25, -0.2) is 13.1 Å². The zero-order valence-corrected chi connectivity index (χ0v) is 12.1. The maximum atomic E-state index is 12.0. The van der Waals surface area contributed by atoms with Crippen LogP contribution in [-0.4, -0.2) is 24.1 Å². The maximum Gasteiger partial charge on any atom is 0.212 e. The van der Waals surface area contributed by atoms with Crippen molar-refractivity contribution in [2.75, 3.05) is 5.75 Å². The van der Waals surface area contributed by atoms with Crippen LogP contribution >= 0.6 is 0 Å². The molecule has 106 valence electrons. The van der Waals surface area contributed by atoms with Crippen LogP contribution in [0.4, 0.5) is 0 Å². The molecule has 1 fully saturated rings. The zero-order chi connectivity index (χ0) is 13.7. The topological polar surface area (TPSA) is 72.0 Å². The second-order valence-corrected chi connectivity index (χ2v) is 7.10. The van der Waals surface area contributed by atoms with Crippen molar-refractivity contribution in [3.8, 4) is 0 Å². The molecule has 0 aliphatic heterocycles. The minimum Gasteiger partial charge on any atom is -0.261 e. The van der Waals surface area contributed by atoms with E-state index in [1.165, 1.54) is 25.7 Å². The van der Waals surface area contributed by atoms with E-state index in [0.717, 1.165) is 6.42 Å². The molecule has 0 radical (unpaired) electrons. The van der Waals surface area contributed by atoms with E-state index >= 15 is 0 Å². The smallest absolute Gasteiger partial charge is 0.212 e. The number of rotatable bonds is 6. The van der Waals surface area contributed by atoms with Crippen LogP contribution in [0.1, 0.15) is 50.8 Å². The van der Waals surface area contributed by atoms with Gasteiger partial charge in [0.25, 0.3) is 0 Å². The summed E-state index contributed by atoms with van der Waals surface area (Å²) in [5.41, 5.74) is 0.645. The number of sulfonamides is 1. The van der Waals surface area contributed by atoms with Gasteiger partial charge in [-0.15, -0.1) is 0 Å². The van der Waals surface area contributed by atoms with E-state index in [1.54, 1.807) is 25.5 Å². The monoisotopic (exact) mass is 283 g/mol. The van der Waals surface area contributed by atoms with E-state index in [4.69, 9.17) is 0 Å². The van der Waals surface area contributed by atoms with E-state index in [9.17, 15) is 8.42 Å². The maximum absolute atomic E-state index is 12.0. The molecule has 0 bridgehead atoms. The lowest BCUT2D eigenvalue weighted by atomic mass is 10.1. The normalized spacial score (nSPS) is 18.6. The first-order valence-corrected chi connectivity index (χ1v) is 8.48. The van der Waals surface area contributed by atoms with Crippen LogP contribution in [-0.2, 0) is 10.0 Å². The number of hydrogen-bond donors (Lipinski definition) is 1. The number of aromatic nitrogens is 2. The highest BCUT2D eigenvalue weighted by atomic mass is 32.2. The first kappa shape index (κ1) is 14.4. The third-order valence-corrected chi connectivity index (χ3v) is 5.14. The van der Waals surface area contributed by atoms with Gasteiger partial charge >= 0.3 is 0 Å². The molecule has 5 nitrogen and oxygen atoms in total. The minimum absolute atomic E-state index is 0.211. The Hall–Kier alpha value is -1.01. The van der Waals surface area contributed by atoms with E-state index < -0.39 is 10.0 Å². The van der Waals surface area contributed by atoms with E-state index in [-0.39, 0.29) is 11.8 Å². The number of hydrogen-bond acceptors (Lipinski definition) is 4. The highest BCUT2D eigenvalue weighted by Gasteiger charge is 2.21. The summed E-state index contributed by atoms with van der Waals surface area (Å²) in [6.45, 7) is 1.79. The molecule has 2 rings (SSSR count). The van der Waals surface area contributed by atoms with Gasteiger partial charge in [0.05, 0.1) is 17.5 Å². The zero-order valence-electron chi connectivity index (χ0n) is 11.2. The molecule has 0 amide bonds. The molecule has 19 heavy (non-hydrogen) atoms. The van der Waals surface area contributed by atoms with Crippen LogP contribution in [0.5, 0.6) is 0 Å². The van der Waals surface area contributed by atoms with E-state index in [0.29, 0.717) is 11.6 Å². The SMILES string of the molecule is CC(NS(=O)(=O)CCC1CCCC1)c1cnccn1. The fourth-order valence-corrected chi connectivity index (χ4v) is 3.96. The summed E-state index contributed by atoms with van der Waals surface area (Å²) in [6.07, 6.45) is 10.3. The quantitative estimate of drug-likeness (QED) is 0.867. The highest BCUT2D eigenvalue weighted by Crippen LogP contribution is 2.27. The summed E-state index contributed by atoms with van der Waals surface area (Å²) < 4.78 is 26.7. The molecule has 1 aromatic rings. The molecule has 6 heteroatoms. The van der Waals surface area contributed by atoms with Gasteiger partial charge in [0, 0.05) is 18.6 Å². The summed E-state index contributed by atoms with van der Waals surface area (Å²) in [7, 11) is -3.23. The Balaban J connectivity index is 1.86. The van der Waals surface area contributed by atoms with Crippen molar-refractivity contribution >= 4 is 10.0 Å². The average molecular weight is 283 g/mol. The molecule has 1 unspecified atom stereocenters. The molecule has 0 spiro atoms. The van der Waals surface area contributed by atoms with Crippen molar-refractivity contribution in [2.24, 2.45) is 5.92 Å². The summed E-state index contributed by atoms with van der Waals surface area (Å²) >= 11 is 0. The standard InChI is InChI=1S/C13H21N3O2S/c1-11(13-10-14-7-8-15-13)16-19(17,18)9-6-12-4-2-3-5-12/h7-8,10-12,16H,2-6,9H2,1H3. The van der Waals surface area contributed by atoms with Crippen LogP contribution in [0.15, 0.2) is 18.6 Å². The molecule has 1 aliphatic carbocycles. The lowest BCUT2D eigenvalue weighted by Gasteiger charge is -2.14. The van der Waals surface area contributed by atoms with Crippen molar-refractivity contribution in [3.05, 3.63) is 24.3 Å². The lowest BCUT2D eigenvalue weighted by Crippen LogP contribution is -2.30. The summed E-state index contributed by atoms with van der Waals surface area (Å²) in [6, 6.07) is -0.331. The van der Waals surface area contributed by atoms with Crippen molar-refractivity contribution < 1.29 is 8.42 Å². The van der Waals surface area contributed by atoms with Crippen molar-refractivity contribution in [3.63, 3.8) is 0 Å². The first-order valence-electron chi connectivity index (χ1n) is 6.83. The number of nitrogens with one attached hydrogen (secondary N) is 1. The van der Waals surface area contributed by atoms with E-state index in [2.05, 4.69) is 14.7 Å². The first-order chi connectivity index (χ1) is 9.07. The van der Waals surface area contributed by atoms with Gasteiger partial charge in [-0.1, -0.05) is 25.7 Å². The second-order valence-electron chi connectivity index (χ2n) is 5.23. The Labute approximate surface area is 114 Å². The lowest BCUT2D eigenvalue weighted by molar-refractivity contribution is 0.512. The minimum atomic E-state index is -3.23. The van der Waals surface area contributed by atoms with Gasteiger partial charge < -0.3 is 0 Å². The second kappa shape index (κ2) is 6.43. The fourth-order valence-electron chi connectivity index (χ4n) is 2.54. The third-order valence-electron chi connectivity index (χ3n) is 3.65. The number of nitrogens with zero attached hydrogens (tertiary/aromatic N) is 2. The molecule has 0 aromatic carbocycles. The molecule has 1 heterocycles. The molecular formula is C13H21N3O2S. The molecule has 1 atom stereocenters. The van der Waals surface area contributed by atoms with Gasteiger partial charge in [0.1, 0.15) is 0 Å². The Morgan fingerprint density at radius 1 is 1.37 bits per heavy atom. The fraction of sp³-hybridized carbons (Fsp3) is 0.692. The molecule has 1 aliphatic rings. The molecule has 1 N–H and O–H groups in total. The van der Waals surface area contributed by atoms with Gasteiger partial charge in [0.15, 0.2) is 0 Å². The van der Waals surface area contributed by atoms with Gasteiger partial charge in [0.2, 0.25) is 10.0 Å².